The number of aryl methyl sites for hydroxylation is 1. The maximum atomic E-state index is 5.44. The topological polar surface area (TPSA) is 24.5 Å². The van der Waals surface area contributed by atoms with Gasteiger partial charge in [0.15, 0.2) is 0 Å². The zero-order valence-corrected chi connectivity index (χ0v) is 12.1. The first-order valence-corrected chi connectivity index (χ1v) is 6.71. The number of rotatable bonds is 8. The minimum Gasteiger partial charge on any atom is -0.496 e. The highest BCUT2D eigenvalue weighted by molar-refractivity contribution is 5.36. The Balaban J connectivity index is 2.74. The van der Waals surface area contributed by atoms with Gasteiger partial charge in [0.1, 0.15) is 5.75 Å². The standard InChI is InChI=1S/C15H26N2O/c1-5-9-17(10-8-16-3)12-14-11-13(2)6-7-15(14)18-4/h6-7,11,16H,5,8-10,12H2,1-4H3. The molecule has 3 heteroatoms. The van der Waals surface area contributed by atoms with Gasteiger partial charge >= 0.3 is 0 Å². The number of nitrogens with zero attached hydrogens (tertiary/aromatic N) is 1. The van der Waals surface area contributed by atoms with E-state index in [1.54, 1.807) is 7.11 Å². The lowest BCUT2D eigenvalue weighted by molar-refractivity contribution is 0.263. The normalized spacial score (nSPS) is 10.9. The Kier molecular flexibility index (Phi) is 6.76. The van der Waals surface area contributed by atoms with E-state index in [0.29, 0.717) is 0 Å². The first kappa shape index (κ1) is 15.0. The van der Waals surface area contributed by atoms with Crippen LogP contribution in [-0.2, 0) is 6.54 Å². The molecule has 0 spiro atoms. The molecule has 0 saturated heterocycles. The Morgan fingerprint density at radius 2 is 2.06 bits per heavy atom. The smallest absolute Gasteiger partial charge is 0.123 e. The van der Waals surface area contributed by atoms with Gasteiger partial charge in [0.05, 0.1) is 7.11 Å². The van der Waals surface area contributed by atoms with Crippen LogP contribution in [0.3, 0.4) is 0 Å². The number of methoxy groups -OCH3 is 1. The molecule has 1 aromatic rings. The van der Waals surface area contributed by atoms with Gasteiger partial charge in [-0.1, -0.05) is 24.6 Å². The Labute approximate surface area is 111 Å². The van der Waals surface area contributed by atoms with E-state index in [4.69, 9.17) is 4.74 Å². The second kappa shape index (κ2) is 8.11. The van der Waals surface area contributed by atoms with Crippen molar-refractivity contribution in [1.29, 1.82) is 0 Å². The van der Waals surface area contributed by atoms with E-state index in [2.05, 4.69) is 42.3 Å². The summed E-state index contributed by atoms with van der Waals surface area (Å²) in [6.45, 7) is 8.52. The van der Waals surface area contributed by atoms with Crippen LogP contribution in [0.1, 0.15) is 24.5 Å². The molecule has 0 atom stereocenters. The maximum absolute atomic E-state index is 5.44. The van der Waals surface area contributed by atoms with Crippen LogP contribution in [0.25, 0.3) is 0 Å². The van der Waals surface area contributed by atoms with Crippen molar-refractivity contribution < 1.29 is 4.74 Å². The molecule has 0 unspecified atom stereocenters. The van der Waals surface area contributed by atoms with E-state index < -0.39 is 0 Å². The third kappa shape index (κ3) is 4.67. The minimum absolute atomic E-state index is 0.959. The van der Waals surface area contributed by atoms with Crippen LogP contribution in [0, 0.1) is 6.92 Å². The van der Waals surface area contributed by atoms with Crippen LogP contribution in [0.15, 0.2) is 18.2 Å². The lowest BCUT2D eigenvalue weighted by Crippen LogP contribution is -2.31. The lowest BCUT2D eigenvalue weighted by atomic mass is 10.1. The van der Waals surface area contributed by atoms with Gasteiger partial charge in [-0.05, 0) is 33.0 Å². The Bertz CT molecular complexity index is 352. The van der Waals surface area contributed by atoms with Crippen molar-refractivity contribution in [2.24, 2.45) is 0 Å². The minimum atomic E-state index is 0.959. The molecule has 0 fully saturated rings. The summed E-state index contributed by atoms with van der Waals surface area (Å²) in [4.78, 5) is 2.47. The number of benzene rings is 1. The summed E-state index contributed by atoms with van der Waals surface area (Å²) >= 11 is 0. The van der Waals surface area contributed by atoms with Gasteiger partial charge in [-0.3, -0.25) is 4.90 Å². The van der Waals surface area contributed by atoms with Gasteiger partial charge in [0.25, 0.3) is 0 Å². The van der Waals surface area contributed by atoms with Crippen LogP contribution in [0.4, 0.5) is 0 Å². The predicted molar refractivity (Wildman–Crippen MR) is 77.2 cm³/mol. The summed E-state index contributed by atoms with van der Waals surface area (Å²) < 4.78 is 5.44. The SMILES string of the molecule is CCCN(CCNC)Cc1cc(C)ccc1OC. The summed E-state index contributed by atoms with van der Waals surface area (Å²) in [5.41, 5.74) is 2.57. The van der Waals surface area contributed by atoms with Crippen LogP contribution >= 0.6 is 0 Å². The van der Waals surface area contributed by atoms with E-state index >= 15 is 0 Å². The molecular formula is C15H26N2O. The third-order valence-corrected chi connectivity index (χ3v) is 3.05. The molecule has 0 heterocycles. The lowest BCUT2D eigenvalue weighted by Gasteiger charge is -2.23. The zero-order valence-electron chi connectivity index (χ0n) is 12.1. The molecule has 1 aromatic carbocycles. The number of ether oxygens (including phenoxy) is 1. The van der Waals surface area contributed by atoms with Gasteiger partial charge in [-0.2, -0.15) is 0 Å². The van der Waals surface area contributed by atoms with E-state index in [9.17, 15) is 0 Å². The summed E-state index contributed by atoms with van der Waals surface area (Å²) in [6, 6.07) is 6.38. The molecule has 0 bridgehead atoms. The largest absolute Gasteiger partial charge is 0.496 e. The number of nitrogens with one attached hydrogen (secondary N) is 1. The average molecular weight is 250 g/mol. The fourth-order valence-corrected chi connectivity index (χ4v) is 2.13. The van der Waals surface area contributed by atoms with Crippen LogP contribution in [0.5, 0.6) is 5.75 Å². The van der Waals surface area contributed by atoms with Crippen molar-refractivity contribution in [2.75, 3.05) is 33.8 Å². The van der Waals surface area contributed by atoms with Gasteiger partial charge in [0.2, 0.25) is 0 Å². The van der Waals surface area contributed by atoms with Gasteiger partial charge in [-0.15, -0.1) is 0 Å². The summed E-state index contributed by atoms with van der Waals surface area (Å²) in [7, 11) is 3.74. The molecule has 3 nitrogen and oxygen atoms in total. The van der Waals surface area contributed by atoms with E-state index in [1.165, 1.54) is 17.5 Å². The van der Waals surface area contributed by atoms with Crippen molar-refractivity contribution in [3.8, 4) is 5.75 Å². The Morgan fingerprint density at radius 1 is 1.28 bits per heavy atom. The van der Waals surface area contributed by atoms with Crippen LogP contribution in [0.2, 0.25) is 0 Å². The van der Waals surface area contributed by atoms with Crippen molar-refractivity contribution in [1.82, 2.24) is 10.2 Å². The highest BCUT2D eigenvalue weighted by Gasteiger charge is 2.09. The third-order valence-electron chi connectivity index (χ3n) is 3.05. The number of hydrogen-bond donors (Lipinski definition) is 1. The Morgan fingerprint density at radius 3 is 2.67 bits per heavy atom. The molecular weight excluding hydrogens is 224 g/mol. The molecule has 0 aliphatic heterocycles. The van der Waals surface area contributed by atoms with Gasteiger partial charge < -0.3 is 10.1 Å². The highest BCUT2D eigenvalue weighted by atomic mass is 16.5. The van der Waals surface area contributed by atoms with Crippen molar-refractivity contribution in [3.05, 3.63) is 29.3 Å². The second-order valence-corrected chi connectivity index (χ2v) is 4.70. The fraction of sp³-hybridized carbons (Fsp3) is 0.600. The monoisotopic (exact) mass is 250 g/mol. The molecule has 0 radical (unpaired) electrons. The predicted octanol–water partition coefficient (Wildman–Crippen LogP) is 2.44. The molecule has 0 aliphatic carbocycles. The van der Waals surface area contributed by atoms with Crippen LogP contribution < -0.4 is 10.1 Å². The average Bonchev–Trinajstić information content (AvgIpc) is 2.36. The Hall–Kier alpha value is -1.06. The van der Waals surface area contributed by atoms with E-state index in [-0.39, 0.29) is 0 Å². The van der Waals surface area contributed by atoms with Gasteiger partial charge in [-0.25, -0.2) is 0 Å². The molecule has 0 amide bonds. The quantitative estimate of drug-likeness (QED) is 0.767. The summed E-state index contributed by atoms with van der Waals surface area (Å²) in [5.74, 6) is 0.992. The van der Waals surface area contributed by atoms with E-state index in [1.807, 2.05) is 7.05 Å². The van der Waals surface area contributed by atoms with E-state index in [0.717, 1.165) is 31.9 Å². The van der Waals surface area contributed by atoms with Crippen molar-refractivity contribution >= 4 is 0 Å². The summed E-state index contributed by atoms with van der Waals surface area (Å²) in [6.07, 6.45) is 1.18. The fourth-order valence-electron chi connectivity index (χ4n) is 2.13. The number of likely N-dealkylation sites (N-methyl/N-ethyl adjacent to an activating group) is 1. The zero-order chi connectivity index (χ0) is 13.4. The molecule has 0 saturated carbocycles. The van der Waals surface area contributed by atoms with Crippen LogP contribution in [-0.4, -0.2) is 38.7 Å². The highest BCUT2D eigenvalue weighted by Crippen LogP contribution is 2.21. The maximum Gasteiger partial charge on any atom is 0.123 e. The second-order valence-electron chi connectivity index (χ2n) is 4.70. The molecule has 0 aromatic heterocycles. The molecule has 18 heavy (non-hydrogen) atoms. The first-order valence-electron chi connectivity index (χ1n) is 6.71. The molecule has 0 aliphatic rings. The molecule has 1 rings (SSSR count). The molecule has 102 valence electrons. The number of hydrogen-bond acceptors (Lipinski definition) is 3. The van der Waals surface area contributed by atoms with Gasteiger partial charge in [0, 0.05) is 25.2 Å². The van der Waals surface area contributed by atoms with Crippen molar-refractivity contribution in [2.45, 2.75) is 26.8 Å². The molecule has 1 N–H and O–H groups in total. The first-order chi connectivity index (χ1) is 8.71. The van der Waals surface area contributed by atoms with Crippen molar-refractivity contribution in [3.63, 3.8) is 0 Å². The summed E-state index contributed by atoms with van der Waals surface area (Å²) in [5, 5.41) is 3.21.